The predicted molar refractivity (Wildman–Crippen MR) is 93.3 cm³/mol. The molecule has 0 spiro atoms. The van der Waals surface area contributed by atoms with Gasteiger partial charge in [0.2, 0.25) is 0 Å². The van der Waals surface area contributed by atoms with Crippen molar-refractivity contribution in [2.75, 3.05) is 0 Å². The number of hydrogen-bond acceptors (Lipinski definition) is 3. The number of aromatic carboxylic acids is 1. The molecule has 0 unspecified atom stereocenters. The van der Waals surface area contributed by atoms with Gasteiger partial charge in [0.05, 0.1) is 16.8 Å². The number of fused-ring (bicyclic) bond motifs is 3. The number of thiophene rings is 1. The third kappa shape index (κ3) is 2.47. The fourth-order valence-corrected chi connectivity index (χ4v) is 3.78. The molecule has 0 saturated heterocycles. The van der Waals surface area contributed by atoms with E-state index in [2.05, 4.69) is 23.6 Å². The van der Waals surface area contributed by atoms with Crippen LogP contribution in [0.5, 0.6) is 0 Å². The van der Waals surface area contributed by atoms with Crippen molar-refractivity contribution in [1.29, 1.82) is 0 Å². The Morgan fingerprint density at radius 1 is 1.04 bits per heavy atom. The van der Waals surface area contributed by atoms with E-state index in [1.165, 1.54) is 5.56 Å². The zero-order valence-electron chi connectivity index (χ0n) is 12.2. The van der Waals surface area contributed by atoms with Crippen molar-refractivity contribution in [2.24, 2.45) is 0 Å². The number of aromatic nitrogens is 1. The second kappa shape index (κ2) is 5.48. The summed E-state index contributed by atoms with van der Waals surface area (Å²) in [4.78, 5) is 16.0. The zero-order valence-corrected chi connectivity index (χ0v) is 13.0. The molecule has 2 aromatic carbocycles. The maximum absolute atomic E-state index is 11.2. The maximum atomic E-state index is 11.2. The van der Waals surface area contributed by atoms with Gasteiger partial charge in [0, 0.05) is 21.9 Å². The van der Waals surface area contributed by atoms with Crippen molar-refractivity contribution in [3.05, 3.63) is 76.8 Å². The quantitative estimate of drug-likeness (QED) is 0.593. The molecule has 0 bridgehead atoms. The molecule has 0 aliphatic carbocycles. The summed E-state index contributed by atoms with van der Waals surface area (Å²) in [5.74, 6) is -0.926. The number of carboxylic acids is 1. The van der Waals surface area contributed by atoms with E-state index in [9.17, 15) is 9.90 Å². The maximum Gasteiger partial charge on any atom is 0.335 e. The standard InChI is InChI=1S/C19H13NO2S/c21-19(22)13-6-7-14-17(11-13)20-16(15-8-9-23-18(14)15)10-12-4-2-1-3-5-12/h1-9,11H,10H2,(H,21,22). The van der Waals surface area contributed by atoms with Crippen LogP contribution < -0.4 is 0 Å². The third-order valence-electron chi connectivity index (χ3n) is 3.94. The summed E-state index contributed by atoms with van der Waals surface area (Å²) in [6, 6.07) is 17.4. The number of rotatable bonds is 3. The van der Waals surface area contributed by atoms with Crippen LogP contribution in [-0.4, -0.2) is 16.1 Å². The van der Waals surface area contributed by atoms with Crippen LogP contribution in [0.15, 0.2) is 60.0 Å². The van der Waals surface area contributed by atoms with Crippen LogP contribution in [0.3, 0.4) is 0 Å². The van der Waals surface area contributed by atoms with E-state index in [0.29, 0.717) is 0 Å². The highest BCUT2D eigenvalue weighted by Gasteiger charge is 2.12. The normalized spacial score (nSPS) is 11.1. The summed E-state index contributed by atoms with van der Waals surface area (Å²) in [5, 5.41) is 13.4. The Morgan fingerprint density at radius 2 is 1.87 bits per heavy atom. The Hall–Kier alpha value is -2.72. The summed E-state index contributed by atoms with van der Waals surface area (Å²) in [6.07, 6.45) is 0.737. The number of carbonyl (C=O) groups is 1. The lowest BCUT2D eigenvalue weighted by Crippen LogP contribution is -1.98. The largest absolute Gasteiger partial charge is 0.478 e. The molecule has 0 aliphatic heterocycles. The minimum atomic E-state index is -0.926. The van der Waals surface area contributed by atoms with E-state index >= 15 is 0 Å². The zero-order chi connectivity index (χ0) is 15.8. The number of carboxylic acid groups (broad SMARTS) is 1. The SMILES string of the molecule is O=C(O)c1ccc2c(c1)nc(Cc1ccccc1)c1ccsc12. The van der Waals surface area contributed by atoms with Crippen LogP contribution in [0.2, 0.25) is 0 Å². The van der Waals surface area contributed by atoms with Gasteiger partial charge in [-0.05, 0) is 29.1 Å². The van der Waals surface area contributed by atoms with Gasteiger partial charge in [-0.15, -0.1) is 11.3 Å². The van der Waals surface area contributed by atoms with Gasteiger partial charge in [-0.3, -0.25) is 4.98 Å². The van der Waals surface area contributed by atoms with Gasteiger partial charge in [-0.2, -0.15) is 0 Å². The summed E-state index contributed by atoms with van der Waals surface area (Å²) in [5.41, 5.74) is 3.20. The van der Waals surface area contributed by atoms with Crippen molar-refractivity contribution in [3.8, 4) is 0 Å². The van der Waals surface area contributed by atoms with Gasteiger partial charge < -0.3 is 5.11 Å². The van der Waals surface area contributed by atoms with Crippen LogP contribution in [0.4, 0.5) is 0 Å². The van der Waals surface area contributed by atoms with E-state index in [4.69, 9.17) is 4.98 Å². The number of benzene rings is 2. The average molecular weight is 319 g/mol. The summed E-state index contributed by atoms with van der Waals surface area (Å²) < 4.78 is 1.16. The van der Waals surface area contributed by atoms with Crippen molar-refractivity contribution < 1.29 is 9.90 Å². The minimum absolute atomic E-state index is 0.270. The number of hydrogen-bond donors (Lipinski definition) is 1. The van der Waals surface area contributed by atoms with Crippen LogP contribution in [-0.2, 0) is 6.42 Å². The van der Waals surface area contributed by atoms with Gasteiger partial charge in [-0.1, -0.05) is 36.4 Å². The molecule has 0 atom stereocenters. The number of pyridine rings is 1. The monoisotopic (exact) mass is 319 g/mol. The van der Waals surface area contributed by atoms with Gasteiger partial charge in [0.1, 0.15) is 0 Å². The molecule has 1 N–H and O–H groups in total. The fraction of sp³-hybridized carbons (Fsp3) is 0.0526. The summed E-state index contributed by atoms with van der Waals surface area (Å²) in [7, 11) is 0. The molecular weight excluding hydrogens is 306 g/mol. The lowest BCUT2D eigenvalue weighted by molar-refractivity contribution is 0.0697. The van der Waals surface area contributed by atoms with Crippen LogP contribution in [0, 0.1) is 0 Å². The third-order valence-corrected chi connectivity index (χ3v) is 4.88. The smallest absolute Gasteiger partial charge is 0.335 e. The molecular formula is C19H13NO2S. The van der Waals surface area contributed by atoms with Crippen molar-refractivity contribution >= 4 is 38.3 Å². The van der Waals surface area contributed by atoms with Crippen molar-refractivity contribution in [3.63, 3.8) is 0 Å². The summed E-state index contributed by atoms with van der Waals surface area (Å²) in [6.45, 7) is 0. The number of nitrogens with zero attached hydrogens (tertiary/aromatic N) is 1. The fourth-order valence-electron chi connectivity index (χ4n) is 2.82. The Kier molecular flexibility index (Phi) is 3.32. The van der Waals surface area contributed by atoms with Gasteiger partial charge >= 0.3 is 5.97 Å². The molecule has 2 heterocycles. The molecule has 3 nitrogen and oxygen atoms in total. The molecule has 4 rings (SSSR count). The Balaban J connectivity index is 1.94. The van der Waals surface area contributed by atoms with E-state index in [0.717, 1.165) is 33.1 Å². The minimum Gasteiger partial charge on any atom is -0.478 e. The topological polar surface area (TPSA) is 50.2 Å². The van der Waals surface area contributed by atoms with Gasteiger partial charge in [0.25, 0.3) is 0 Å². The van der Waals surface area contributed by atoms with Crippen molar-refractivity contribution in [2.45, 2.75) is 6.42 Å². The molecule has 112 valence electrons. The molecule has 0 amide bonds. The second-order valence-electron chi connectivity index (χ2n) is 5.42. The van der Waals surface area contributed by atoms with Crippen LogP contribution in [0.25, 0.3) is 21.0 Å². The predicted octanol–water partition coefficient (Wildman–Crippen LogP) is 4.74. The van der Waals surface area contributed by atoms with E-state index in [-0.39, 0.29) is 5.56 Å². The molecule has 0 aliphatic rings. The highest BCUT2D eigenvalue weighted by atomic mass is 32.1. The Morgan fingerprint density at radius 3 is 2.65 bits per heavy atom. The lowest BCUT2D eigenvalue weighted by atomic mass is 10.0. The first-order valence-corrected chi connectivity index (χ1v) is 8.17. The first-order valence-electron chi connectivity index (χ1n) is 7.29. The summed E-state index contributed by atoms with van der Waals surface area (Å²) >= 11 is 1.67. The van der Waals surface area contributed by atoms with Crippen LogP contribution >= 0.6 is 11.3 Å². The molecule has 4 heteroatoms. The molecule has 0 fully saturated rings. The highest BCUT2D eigenvalue weighted by Crippen LogP contribution is 2.32. The Bertz CT molecular complexity index is 1020. The Labute approximate surface area is 136 Å². The molecule has 4 aromatic rings. The molecule has 0 saturated carbocycles. The lowest BCUT2D eigenvalue weighted by Gasteiger charge is -2.07. The van der Waals surface area contributed by atoms with Crippen molar-refractivity contribution in [1.82, 2.24) is 4.98 Å². The van der Waals surface area contributed by atoms with E-state index in [1.807, 2.05) is 24.3 Å². The average Bonchev–Trinajstić information content (AvgIpc) is 3.05. The molecule has 0 radical (unpaired) electrons. The second-order valence-corrected chi connectivity index (χ2v) is 6.34. The highest BCUT2D eigenvalue weighted by molar-refractivity contribution is 7.18. The van der Waals surface area contributed by atoms with E-state index < -0.39 is 5.97 Å². The first-order chi connectivity index (χ1) is 11.2. The van der Waals surface area contributed by atoms with Crippen LogP contribution in [0.1, 0.15) is 21.6 Å². The van der Waals surface area contributed by atoms with E-state index in [1.54, 1.807) is 23.5 Å². The van der Waals surface area contributed by atoms with Gasteiger partial charge in [0.15, 0.2) is 0 Å². The molecule has 2 aromatic heterocycles. The first kappa shape index (κ1) is 13.9. The molecule has 23 heavy (non-hydrogen) atoms. The van der Waals surface area contributed by atoms with Gasteiger partial charge in [-0.25, -0.2) is 4.79 Å².